The zero-order chi connectivity index (χ0) is 12.5. The molecule has 1 aromatic carbocycles. The van der Waals surface area contributed by atoms with Crippen molar-refractivity contribution in [1.29, 1.82) is 0 Å². The predicted molar refractivity (Wildman–Crippen MR) is 76.3 cm³/mol. The Morgan fingerprint density at radius 1 is 1.12 bits per heavy atom. The van der Waals surface area contributed by atoms with Crippen molar-refractivity contribution in [1.82, 2.24) is 5.32 Å². The molecule has 1 heteroatoms. The molecule has 1 N–H and O–H groups in total. The zero-order valence-electron chi connectivity index (χ0n) is 11.6. The maximum absolute atomic E-state index is 3.51. The fraction of sp³-hybridized carbons (Fsp3) is 0.625. The second kappa shape index (κ2) is 8.30. The summed E-state index contributed by atoms with van der Waals surface area (Å²) in [7, 11) is 0. The minimum Gasteiger partial charge on any atom is -0.317 e. The Labute approximate surface area is 107 Å². The van der Waals surface area contributed by atoms with Crippen LogP contribution < -0.4 is 5.32 Å². The van der Waals surface area contributed by atoms with Gasteiger partial charge in [0, 0.05) is 0 Å². The van der Waals surface area contributed by atoms with Crippen molar-refractivity contribution in [3.63, 3.8) is 0 Å². The van der Waals surface area contributed by atoms with Crippen LogP contribution in [0.25, 0.3) is 0 Å². The van der Waals surface area contributed by atoms with Crippen LogP contribution in [0.3, 0.4) is 0 Å². The van der Waals surface area contributed by atoms with E-state index in [2.05, 4.69) is 56.4 Å². The van der Waals surface area contributed by atoms with Crippen LogP contribution in [0.5, 0.6) is 0 Å². The van der Waals surface area contributed by atoms with Gasteiger partial charge in [-0.15, -0.1) is 0 Å². The van der Waals surface area contributed by atoms with E-state index < -0.39 is 0 Å². The molecule has 1 aromatic rings. The van der Waals surface area contributed by atoms with Gasteiger partial charge in [-0.25, -0.2) is 0 Å². The van der Waals surface area contributed by atoms with Crippen molar-refractivity contribution in [3.05, 3.63) is 35.9 Å². The molecule has 0 saturated carbocycles. The maximum Gasteiger partial charge on any atom is -0.00149 e. The van der Waals surface area contributed by atoms with E-state index in [1.54, 1.807) is 0 Å². The molecule has 0 amide bonds. The second-order valence-corrected chi connectivity index (χ2v) is 5.02. The van der Waals surface area contributed by atoms with E-state index in [0.29, 0.717) is 0 Å². The lowest BCUT2D eigenvalue weighted by molar-refractivity contribution is 0.320. The van der Waals surface area contributed by atoms with E-state index in [9.17, 15) is 0 Å². The summed E-state index contributed by atoms with van der Waals surface area (Å²) >= 11 is 0. The van der Waals surface area contributed by atoms with Gasteiger partial charge in [-0.1, -0.05) is 63.9 Å². The minimum absolute atomic E-state index is 0.761. The van der Waals surface area contributed by atoms with Crippen LogP contribution in [0.15, 0.2) is 30.3 Å². The summed E-state index contributed by atoms with van der Waals surface area (Å²) in [6.45, 7) is 9.08. The molecule has 2 unspecified atom stereocenters. The fourth-order valence-electron chi connectivity index (χ4n) is 2.41. The number of benzene rings is 1. The molecule has 0 spiro atoms. The highest BCUT2D eigenvalue weighted by Gasteiger charge is 2.16. The quantitative estimate of drug-likeness (QED) is 0.718. The van der Waals surface area contributed by atoms with Gasteiger partial charge in [-0.2, -0.15) is 0 Å². The first-order chi connectivity index (χ1) is 8.27. The minimum atomic E-state index is 0.761. The van der Waals surface area contributed by atoms with Crippen LogP contribution >= 0.6 is 0 Å². The molecule has 0 aliphatic rings. The van der Waals surface area contributed by atoms with Gasteiger partial charge < -0.3 is 5.32 Å². The van der Waals surface area contributed by atoms with Crippen molar-refractivity contribution in [2.75, 3.05) is 13.1 Å². The number of hydrogen-bond donors (Lipinski definition) is 1. The molecular weight excluding hydrogens is 206 g/mol. The topological polar surface area (TPSA) is 12.0 Å². The molecule has 1 nitrogen and oxygen atoms in total. The van der Waals surface area contributed by atoms with Gasteiger partial charge >= 0.3 is 0 Å². The molecule has 0 aromatic heterocycles. The van der Waals surface area contributed by atoms with Crippen LogP contribution in [0.4, 0.5) is 0 Å². The number of nitrogens with one attached hydrogen (secondary N) is 1. The first-order valence-electron chi connectivity index (χ1n) is 7.02. The molecule has 0 fully saturated rings. The van der Waals surface area contributed by atoms with Crippen molar-refractivity contribution in [2.24, 2.45) is 11.8 Å². The summed E-state index contributed by atoms with van der Waals surface area (Å²) in [5, 5.41) is 3.51. The Hall–Kier alpha value is -0.820. The lowest BCUT2D eigenvalue weighted by atomic mass is 9.85. The van der Waals surface area contributed by atoms with Gasteiger partial charge in [0.15, 0.2) is 0 Å². The molecule has 0 radical (unpaired) electrons. The van der Waals surface area contributed by atoms with E-state index in [1.807, 2.05) is 0 Å². The third-order valence-corrected chi connectivity index (χ3v) is 3.55. The van der Waals surface area contributed by atoms with Gasteiger partial charge in [0.25, 0.3) is 0 Å². The Morgan fingerprint density at radius 3 is 2.41 bits per heavy atom. The smallest absolute Gasteiger partial charge is 0.00149 e. The Bertz CT molecular complexity index is 281. The third kappa shape index (κ3) is 5.36. The van der Waals surface area contributed by atoms with E-state index in [1.165, 1.54) is 24.8 Å². The summed E-state index contributed by atoms with van der Waals surface area (Å²) in [4.78, 5) is 0. The number of rotatable bonds is 8. The largest absolute Gasteiger partial charge is 0.317 e. The summed E-state index contributed by atoms with van der Waals surface area (Å²) in [6, 6.07) is 10.9. The normalized spacial score (nSPS) is 14.5. The Balaban J connectivity index is 2.56. The summed E-state index contributed by atoms with van der Waals surface area (Å²) in [6.07, 6.45) is 3.83. The van der Waals surface area contributed by atoms with Crippen LogP contribution in [0, 0.1) is 11.8 Å². The molecule has 96 valence electrons. The highest BCUT2D eigenvalue weighted by molar-refractivity contribution is 5.15. The standard InChI is InChI=1S/C16H27N/c1-4-9-14(3)16(13-17-5-2)12-15-10-7-6-8-11-15/h6-8,10-11,14,16-17H,4-5,9,12-13H2,1-3H3. The highest BCUT2D eigenvalue weighted by Crippen LogP contribution is 2.21. The molecule has 0 heterocycles. The van der Waals surface area contributed by atoms with Crippen molar-refractivity contribution >= 4 is 0 Å². The number of hydrogen-bond acceptors (Lipinski definition) is 1. The zero-order valence-corrected chi connectivity index (χ0v) is 11.6. The van der Waals surface area contributed by atoms with Crippen molar-refractivity contribution in [3.8, 4) is 0 Å². The summed E-state index contributed by atoms with van der Waals surface area (Å²) < 4.78 is 0. The lowest BCUT2D eigenvalue weighted by Gasteiger charge is -2.24. The summed E-state index contributed by atoms with van der Waals surface area (Å²) in [5.41, 5.74) is 1.47. The Kier molecular flexibility index (Phi) is 6.95. The summed E-state index contributed by atoms with van der Waals surface area (Å²) in [5.74, 6) is 1.57. The van der Waals surface area contributed by atoms with E-state index in [4.69, 9.17) is 0 Å². The lowest BCUT2D eigenvalue weighted by Crippen LogP contribution is -2.28. The van der Waals surface area contributed by atoms with Crippen LogP contribution in [-0.2, 0) is 6.42 Å². The van der Waals surface area contributed by atoms with Crippen LogP contribution in [0.1, 0.15) is 39.2 Å². The monoisotopic (exact) mass is 233 g/mol. The molecule has 0 saturated heterocycles. The molecular formula is C16H27N. The average Bonchev–Trinajstić information content (AvgIpc) is 2.36. The maximum atomic E-state index is 3.51. The highest BCUT2D eigenvalue weighted by atomic mass is 14.8. The Morgan fingerprint density at radius 2 is 1.82 bits per heavy atom. The van der Waals surface area contributed by atoms with Gasteiger partial charge in [-0.3, -0.25) is 0 Å². The third-order valence-electron chi connectivity index (χ3n) is 3.55. The van der Waals surface area contributed by atoms with E-state index >= 15 is 0 Å². The van der Waals surface area contributed by atoms with Gasteiger partial charge in [-0.05, 0) is 36.9 Å². The van der Waals surface area contributed by atoms with Crippen molar-refractivity contribution < 1.29 is 0 Å². The van der Waals surface area contributed by atoms with Crippen LogP contribution in [0.2, 0.25) is 0 Å². The average molecular weight is 233 g/mol. The SMILES string of the molecule is CCCC(C)C(CNCC)Cc1ccccc1. The second-order valence-electron chi connectivity index (χ2n) is 5.02. The molecule has 2 atom stereocenters. The molecule has 0 aliphatic carbocycles. The molecule has 1 rings (SSSR count). The van der Waals surface area contributed by atoms with Crippen molar-refractivity contribution in [2.45, 2.75) is 40.0 Å². The van der Waals surface area contributed by atoms with Gasteiger partial charge in [0.05, 0.1) is 0 Å². The fourth-order valence-corrected chi connectivity index (χ4v) is 2.41. The van der Waals surface area contributed by atoms with Crippen LogP contribution in [-0.4, -0.2) is 13.1 Å². The first-order valence-corrected chi connectivity index (χ1v) is 7.02. The first kappa shape index (κ1) is 14.2. The molecule has 0 aliphatic heterocycles. The predicted octanol–water partition coefficient (Wildman–Crippen LogP) is 3.89. The molecule has 0 bridgehead atoms. The van der Waals surface area contributed by atoms with E-state index in [0.717, 1.165) is 24.9 Å². The van der Waals surface area contributed by atoms with Gasteiger partial charge in [0.1, 0.15) is 0 Å². The van der Waals surface area contributed by atoms with Gasteiger partial charge in [0.2, 0.25) is 0 Å². The van der Waals surface area contributed by atoms with E-state index in [-0.39, 0.29) is 0 Å². The molecule has 17 heavy (non-hydrogen) atoms.